The predicted octanol–water partition coefficient (Wildman–Crippen LogP) is 28.3. The largest absolute Gasteiger partial charge is 0.472 e. The molecule has 115 heavy (non-hydrogen) atoms. The number of carbonyl (C=O) groups excluding carboxylic acids is 3. The van der Waals surface area contributed by atoms with E-state index in [0.29, 0.717) is 19.3 Å². The van der Waals surface area contributed by atoms with Gasteiger partial charge in [-0.15, -0.1) is 0 Å². The van der Waals surface area contributed by atoms with E-state index in [4.69, 9.17) is 32.3 Å². The van der Waals surface area contributed by atoms with Gasteiger partial charge < -0.3 is 34.2 Å². The zero-order valence-corrected chi connectivity index (χ0v) is 74.7. The Morgan fingerprint density at radius 1 is 0.252 bits per heavy atom. The summed E-state index contributed by atoms with van der Waals surface area (Å²) in [6.07, 6.45) is 112. The molecule has 0 saturated heterocycles. The van der Waals surface area contributed by atoms with E-state index < -0.39 is 91.5 Å². The summed E-state index contributed by atoms with van der Waals surface area (Å²) < 4.78 is 61.4. The van der Waals surface area contributed by atoms with E-state index in [2.05, 4.69) is 167 Å². The van der Waals surface area contributed by atoms with Gasteiger partial charge in [0.2, 0.25) is 0 Å². The average molecular weight is 1650 g/mol. The first-order valence-corrected chi connectivity index (χ1v) is 49.1. The summed E-state index contributed by atoms with van der Waals surface area (Å²) in [6.45, 7) is 2.54. The van der Waals surface area contributed by atoms with Gasteiger partial charge in [-0.1, -0.05) is 372 Å². The molecular formula is C97H168O16P2. The molecule has 0 bridgehead atoms. The van der Waals surface area contributed by atoms with Crippen LogP contribution in [0.25, 0.3) is 0 Å². The van der Waals surface area contributed by atoms with Gasteiger partial charge in [0.15, 0.2) is 6.10 Å². The van der Waals surface area contributed by atoms with Gasteiger partial charge in [-0.3, -0.25) is 32.5 Å². The molecule has 662 valence electrons. The zero-order chi connectivity index (χ0) is 83.6. The monoisotopic (exact) mass is 1650 g/mol. The third-order valence-electron chi connectivity index (χ3n) is 19.5. The van der Waals surface area contributed by atoms with E-state index in [9.17, 15) is 43.5 Å². The average Bonchev–Trinajstić information content (AvgIpc) is 0.902. The second-order valence-electron chi connectivity index (χ2n) is 30.7. The highest BCUT2D eigenvalue weighted by Gasteiger charge is 2.29. The minimum atomic E-state index is -4.94. The van der Waals surface area contributed by atoms with Crippen LogP contribution in [-0.4, -0.2) is 95.9 Å². The molecule has 0 aromatic rings. The molecule has 4 N–H and O–H groups in total. The second-order valence-corrected chi connectivity index (χ2v) is 33.6. The third kappa shape index (κ3) is 90.0. The lowest BCUT2D eigenvalue weighted by Gasteiger charge is -2.21. The Kier molecular flexibility index (Phi) is 85.2. The number of aliphatic hydroxyl groups excluding tert-OH is 2. The molecular weight excluding hydrogens is 1480 g/mol. The lowest BCUT2D eigenvalue weighted by atomic mass is 10.0. The van der Waals surface area contributed by atoms with Crippen molar-refractivity contribution >= 4 is 33.6 Å². The van der Waals surface area contributed by atoms with Crippen LogP contribution in [0.2, 0.25) is 0 Å². The molecule has 0 aromatic carbocycles. The smallest absolute Gasteiger partial charge is 0.463 e. The number of phosphoric acid groups is 2. The number of aliphatic hydroxyl groups is 2. The van der Waals surface area contributed by atoms with E-state index in [1.165, 1.54) is 180 Å². The SMILES string of the molecule is CC/C=C\C/C=C\C/C=C\C/C=C\C/C=C\C/C=C\CCCCCCCCCCCCCCCCCCC(=O)OCC(O)COP(=O)(O)OCC(O)COP(=O)(O)OCC(COC(=O)CCCCCCCCCCCCCCC/C=C\C/C=C\C/C=C\C/C=C\CCCCC)OC(=O)CCCCCCC/C=C\C/C=C\CCCCC. The minimum Gasteiger partial charge on any atom is -0.463 e. The topological polar surface area (TPSA) is 231 Å². The van der Waals surface area contributed by atoms with E-state index in [1.807, 2.05) is 0 Å². The zero-order valence-electron chi connectivity index (χ0n) is 72.9. The van der Waals surface area contributed by atoms with Crippen molar-refractivity contribution in [1.29, 1.82) is 0 Å². The van der Waals surface area contributed by atoms with Crippen LogP contribution in [0.3, 0.4) is 0 Å². The van der Waals surface area contributed by atoms with Crippen LogP contribution >= 0.6 is 15.6 Å². The predicted molar refractivity (Wildman–Crippen MR) is 482 cm³/mol. The van der Waals surface area contributed by atoms with Crippen LogP contribution in [0.15, 0.2) is 146 Å². The number of phosphoric ester groups is 2. The molecule has 0 amide bonds. The van der Waals surface area contributed by atoms with Crippen molar-refractivity contribution < 1.29 is 75.8 Å². The molecule has 0 aliphatic heterocycles. The second kappa shape index (κ2) is 88.7. The Hall–Kier alpha value is -4.57. The highest BCUT2D eigenvalue weighted by molar-refractivity contribution is 7.47. The van der Waals surface area contributed by atoms with Crippen molar-refractivity contribution in [3.8, 4) is 0 Å². The fraction of sp³-hybridized carbons (Fsp3) is 0.722. The van der Waals surface area contributed by atoms with Gasteiger partial charge in [0, 0.05) is 19.3 Å². The number of carbonyl (C=O) groups is 3. The standard InChI is InChI=1S/C97H168O16P2/c1-4-7-10-13-16-19-22-25-28-30-32-34-36-38-40-42-43-44-45-46-47-49-51-52-54-56-58-60-63-65-68-71-74-77-80-83-95(100)107-86-92(98)87-109-114(103,104)110-88-93(99)89-111-115(105,106)112-91-94(113-97(102)85-82-79-76-73-70-67-62-27-24-21-18-15-12-9-6-3)90-108-96(101)84-81-78-75-72-69-66-64-61-59-57-55-53-50-48-41-39-37-35-33-31-29-26-23-20-17-14-11-8-5-2/h7,10,16-21,25-29,32-35,38-41,43-44,62,92-94,98-99H,4-6,8-9,11-15,22-24,30-31,36-37,42,45-61,63-91H2,1-3H3,(H,103,104)(H,105,106)/b10-7-,19-16-,20-17-,21-18-,28-25-,29-26-,34-32-,35-33-,40-38-,41-39-,44-43-,62-27-. The maximum Gasteiger partial charge on any atom is 0.472 e. The van der Waals surface area contributed by atoms with Crippen LogP contribution in [0.5, 0.6) is 0 Å². The highest BCUT2D eigenvalue weighted by Crippen LogP contribution is 2.45. The number of hydrogen-bond donors (Lipinski definition) is 4. The normalized spacial score (nSPS) is 14.5. The molecule has 18 heteroatoms. The fourth-order valence-electron chi connectivity index (χ4n) is 12.5. The van der Waals surface area contributed by atoms with Crippen molar-refractivity contribution in [3.63, 3.8) is 0 Å². The van der Waals surface area contributed by atoms with E-state index in [0.717, 1.165) is 154 Å². The molecule has 0 aliphatic carbocycles. The fourth-order valence-corrected chi connectivity index (χ4v) is 14.1. The van der Waals surface area contributed by atoms with Crippen molar-refractivity contribution in [3.05, 3.63) is 146 Å². The highest BCUT2D eigenvalue weighted by atomic mass is 31.2. The summed E-state index contributed by atoms with van der Waals surface area (Å²) in [4.78, 5) is 58.9. The van der Waals surface area contributed by atoms with Crippen molar-refractivity contribution in [2.24, 2.45) is 0 Å². The van der Waals surface area contributed by atoms with Crippen molar-refractivity contribution in [2.75, 3.05) is 39.6 Å². The van der Waals surface area contributed by atoms with Crippen LogP contribution in [0.4, 0.5) is 0 Å². The number of rotatable bonds is 87. The molecule has 5 unspecified atom stereocenters. The summed E-state index contributed by atoms with van der Waals surface area (Å²) in [5, 5.41) is 20.7. The van der Waals surface area contributed by atoms with Gasteiger partial charge in [-0.25, -0.2) is 9.13 Å². The summed E-state index contributed by atoms with van der Waals surface area (Å²) >= 11 is 0. The summed E-state index contributed by atoms with van der Waals surface area (Å²) in [7, 11) is -9.80. The van der Waals surface area contributed by atoms with Gasteiger partial charge in [0.05, 0.1) is 26.4 Å². The molecule has 0 radical (unpaired) electrons. The molecule has 0 saturated carbocycles. The Morgan fingerprint density at radius 3 is 0.730 bits per heavy atom. The molecule has 5 atom stereocenters. The molecule has 0 spiro atoms. The van der Waals surface area contributed by atoms with Crippen LogP contribution in [0, 0.1) is 0 Å². The lowest BCUT2D eigenvalue weighted by Crippen LogP contribution is -2.30. The van der Waals surface area contributed by atoms with Crippen LogP contribution < -0.4 is 0 Å². The van der Waals surface area contributed by atoms with Gasteiger partial charge in [0.25, 0.3) is 0 Å². The molecule has 0 rings (SSSR count). The first-order valence-electron chi connectivity index (χ1n) is 46.1. The number of esters is 3. The maximum atomic E-state index is 13.0. The number of allylic oxidation sites excluding steroid dienone is 24. The maximum absolute atomic E-state index is 13.0. The van der Waals surface area contributed by atoms with E-state index in [1.54, 1.807) is 0 Å². The molecule has 16 nitrogen and oxygen atoms in total. The first-order chi connectivity index (χ1) is 56.2. The van der Waals surface area contributed by atoms with E-state index in [-0.39, 0.29) is 19.3 Å². The van der Waals surface area contributed by atoms with Gasteiger partial charge in [-0.05, 0) is 148 Å². The Balaban J connectivity index is 4.44. The Labute approximate surface area is 702 Å². The molecule has 0 heterocycles. The summed E-state index contributed by atoms with van der Waals surface area (Å²) in [5.41, 5.74) is 0. The van der Waals surface area contributed by atoms with Crippen LogP contribution in [-0.2, 0) is 55.8 Å². The summed E-state index contributed by atoms with van der Waals surface area (Å²) in [5.74, 6) is -1.58. The van der Waals surface area contributed by atoms with Gasteiger partial charge >= 0.3 is 33.6 Å². The summed E-state index contributed by atoms with van der Waals surface area (Å²) in [6, 6.07) is 0. The molecule has 0 fully saturated rings. The third-order valence-corrected chi connectivity index (χ3v) is 21.4. The number of hydrogen-bond acceptors (Lipinski definition) is 14. The minimum absolute atomic E-state index is 0.0877. The van der Waals surface area contributed by atoms with E-state index >= 15 is 0 Å². The Morgan fingerprint density at radius 2 is 0.461 bits per heavy atom. The van der Waals surface area contributed by atoms with Crippen molar-refractivity contribution in [1.82, 2.24) is 0 Å². The van der Waals surface area contributed by atoms with Crippen molar-refractivity contribution in [2.45, 2.75) is 411 Å². The van der Waals surface area contributed by atoms with Gasteiger partial charge in [0.1, 0.15) is 25.4 Å². The number of ether oxygens (including phenoxy) is 3. The molecule has 0 aromatic heterocycles. The number of unbranched alkanes of at least 4 members (excludes halogenated alkanes) is 40. The molecule has 0 aliphatic rings. The quantitative estimate of drug-likeness (QED) is 0.0146. The lowest BCUT2D eigenvalue weighted by molar-refractivity contribution is -0.161. The first kappa shape index (κ1) is 110. The Bertz CT molecular complexity index is 2670. The van der Waals surface area contributed by atoms with Crippen LogP contribution in [0.1, 0.15) is 393 Å². The van der Waals surface area contributed by atoms with Gasteiger partial charge in [-0.2, -0.15) is 0 Å².